The molecule has 318 valence electrons. The lowest BCUT2D eigenvalue weighted by Crippen LogP contribution is -2.33. The highest BCUT2D eigenvalue weighted by Gasteiger charge is 2.07. The van der Waals surface area contributed by atoms with Crippen molar-refractivity contribution in [1.82, 2.24) is 31.1 Å². The fraction of sp³-hybridized carbons (Fsp3) is 0.957. The van der Waals surface area contributed by atoms with E-state index in [1.807, 2.05) is 0 Å². The Labute approximate surface area is 335 Å². The average Bonchev–Trinajstić information content (AvgIpc) is 3.17. The first-order valence-corrected chi connectivity index (χ1v) is 24.2. The first-order chi connectivity index (χ1) is 26.3. The van der Waals surface area contributed by atoms with Crippen LogP contribution in [0.3, 0.4) is 0 Å². The van der Waals surface area contributed by atoms with Crippen LogP contribution in [0.25, 0.3) is 0 Å². The molecule has 0 aromatic rings. The summed E-state index contributed by atoms with van der Waals surface area (Å²) in [4.78, 5) is 5.38. The van der Waals surface area contributed by atoms with Crippen LogP contribution in [0, 0.1) is 0 Å². The Hall–Kier alpha value is -0.660. The van der Waals surface area contributed by atoms with E-state index in [9.17, 15) is 0 Å². The van der Waals surface area contributed by atoms with Gasteiger partial charge in [0.05, 0.1) is 0 Å². The van der Waals surface area contributed by atoms with E-state index in [1.165, 1.54) is 219 Å². The number of rotatable bonds is 47. The molecule has 0 aliphatic carbocycles. The van der Waals surface area contributed by atoms with Crippen molar-refractivity contribution in [2.24, 2.45) is 0 Å². The van der Waals surface area contributed by atoms with Crippen molar-refractivity contribution < 1.29 is 0 Å². The Morgan fingerprint density at radius 1 is 0.302 bits per heavy atom. The fourth-order valence-electron chi connectivity index (χ4n) is 7.24. The van der Waals surface area contributed by atoms with E-state index in [2.05, 4.69) is 71.0 Å². The summed E-state index contributed by atoms with van der Waals surface area (Å²) in [6, 6.07) is 0. The third-order valence-electron chi connectivity index (χ3n) is 10.8. The molecule has 0 radical (unpaired) electrons. The zero-order valence-electron chi connectivity index (χ0n) is 37.0. The van der Waals surface area contributed by atoms with Crippen LogP contribution in [0.4, 0.5) is 0 Å². The molecule has 6 nitrogen and oxygen atoms in total. The smallest absolute Gasteiger partial charge is 0.0184 e. The van der Waals surface area contributed by atoms with E-state index in [0.29, 0.717) is 0 Å². The summed E-state index contributed by atoms with van der Waals surface area (Å²) < 4.78 is 0. The molecule has 53 heavy (non-hydrogen) atoms. The maximum Gasteiger partial charge on any atom is 0.0184 e. The molecule has 0 saturated carbocycles. The third-order valence-corrected chi connectivity index (χ3v) is 10.8. The summed E-state index contributed by atoms with van der Waals surface area (Å²) in [7, 11) is 0. The van der Waals surface area contributed by atoms with Crippen molar-refractivity contribution in [2.45, 2.75) is 207 Å². The number of nitrogens with zero attached hydrogens (tertiary/aromatic N) is 2. The molecule has 4 N–H and O–H groups in total. The standard InChI is InChI=1S/C47H100N6/c1-5-9-13-17-21-25-34-48-38-29-42-52(43-30-39-49-35-26-22-18-14-10-6-2)46-33-47-53(44-31-40-50-36-27-23-19-15-11-7-3)45-32-41-51-37-28-24-20-16-12-8-4/h29,42,48-51H,5-28,30-41,43-47H2,1-4H3/b42-29+. The van der Waals surface area contributed by atoms with Crippen molar-refractivity contribution in [1.29, 1.82) is 0 Å². The Morgan fingerprint density at radius 2 is 0.604 bits per heavy atom. The number of unbranched alkanes of at least 4 members (excludes halogenated alkanes) is 20. The van der Waals surface area contributed by atoms with E-state index in [0.717, 1.165) is 45.8 Å². The highest BCUT2D eigenvalue weighted by Crippen LogP contribution is 2.07. The van der Waals surface area contributed by atoms with E-state index < -0.39 is 0 Å². The number of nitrogens with one attached hydrogen (secondary N) is 4. The quantitative estimate of drug-likeness (QED) is 0.0465. The molecule has 0 saturated heterocycles. The van der Waals surface area contributed by atoms with Gasteiger partial charge >= 0.3 is 0 Å². The number of hydrogen-bond acceptors (Lipinski definition) is 6. The normalized spacial score (nSPS) is 11.9. The zero-order valence-corrected chi connectivity index (χ0v) is 37.0. The van der Waals surface area contributed by atoms with Crippen LogP contribution in [0.2, 0.25) is 0 Å². The predicted molar refractivity (Wildman–Crippen MR) is 241 cm³/mol. The van der Waals surface area contributed by atoms with Gasteiger partial charge in [0.1, 0.15) is 0 Å². The second-order valence-electron chi connectivity index (χ2n) is 16.2. The summed E-state index contributed by atoms with van der Waals surface area (Å²) in [6.45, 7) is 24.4. The molecule has 0 bridgehead atoms. The van der Waals surface area contributed by atoms with Crippen molar-refractivity contribution in [3.05, 3.63) is 12.3 Å². The summed E-state index contributed by atoms with van der Waals surface area (Å²) >= 11 is 0. The molecule has 0 aliphatic rings. The van der Waals surface area contributed by atoms with E-state index in [4.69, 9.17) is 0 Å². The minimum absolute atomic E-state index is 0.991. The SMILES string of the molecule is CCCCCCCCNC/C=C/N(CCCNCCCCCCCC)CCCN(CCCNCCCCCCCC)CCCNCCCCCCCC. The van der Waals surface area contributed by atoms with Gasteiger partial charge < -0.3 is 31.1 Å². The molecule has 0 atom stereocenters. The van der Waals surface area contributed by atoms with Crippen LogP contribution in [-0.2, 0) is 0 Å². The van der Waals surface area contributed by atoms with Gasteiger partial charge in [-0.2, -0.15) is 0 Å². The molecule has 0 fully saturated rings. The lowest BCUT2D eigenvalue weighted by molar-refractivity contribution is 0.244. The number of hydrogen-bond donors (Lipinski definition) is 4. The monoisotopic (exact) mass is 749 g/mol. The van der Waals surface area contributed by atoms with Gasteiger partial charge in [0.25, 0.3) is 0 Å². The van der Waals surface area contributed by atoms with Crippen molar-refractivity contribution in [3.63, 3.8) is 0 Å². The molecule has 0 rings (SSSR count). The largest absolute Gasteiger partial charge is 0.378 e. The maximum absolute atomic E-state index is 3.75. The topological polar surface area (TPSA) is 54.6 Å². The van der Waals surface area contributed by atoms with Crippen LogP contribution in [0.1, 0.15) is 207 Å². The molecule has 0 unspecified atom stereocenters. The van der Waals surface area contributed by atoms with Gasteiger partial charge in [-0.15, -0.1) is 0 Å². The average molecular weight is 749 g/mol. The van der Waals surface area contributed by atoms with Gasteiger partial charge in [-0.25, -0.2) is 0 Å². The van der Waals surface area contributed by atoms with Crippen molar-refractivity contribution in [3.8, 4) is 0 Å². The third kappa shape index (κ3) is 43.9. The highest BCUT2D eigenvalue weighted by atomic mass is 15.1. The predicted octanol–water partition coefficient (Wildman–Crippen LogP) is 11.5. The highest BCUT2D eigenvalue weighted by molar-refractivity contribution is 4.85. The van der Waals surface area contributed by atoms with Crippen LogP contribution in [0.15, 0.2) is 12.3 Å². The van der Waals surface area contributed by atoms with Crippen LogP contribution < -0.4 is 21.3 Å². The lowest BCUT2D eigenvalue weighted by atomic mass is 10.1. The molecule has 6 heteroatoms. The molecule has 0 heterocycles. The molecule has 0 aromatic heterocycles. The lowest BCUT2D eigenvalue weighted by Gasteiger charge is -2.26. The second-order valence-corrected chi connectivity index (χ2v) is 16.2. The molecule has 0 aromatic carbocycles. The maximum atomic E-state index is 3.75. The van der Waals surface area contributed by atoms with Crippen LogP contribution in [0.5, 0.6) is 0 Å². The van der Waals surface area contributed by atoms with Gasteiger partial charge in [-0.3, -0.25) is 0 Å². The van der Waals surface area contributed by atoms with E-state index in [-0.39, 0.29) is 0 Å². The first-order valence-electron chi connectivity index (χ1n) is 24.2. The van der Waals surface area contributed by atoms with E-state index >= 15 is 0 Å². The zero-order chi connectivity index (χ0) is 38.4. The van der Waals surface area contributed by atoms with Gasteiger partial charge in [-0.05, 0) is 123 Å². The first kappa shape index (κ1) is 52.3. The second kappa shape index (κ2) is 47.5. The summed E-state index contributed by atoms with van der Waals surface area (Å²) in [5.41, 5.74) is 0. The molecular formula is C47H100N6. The molecular weight excluding hydrogens is 649 g/mol. The van der Waals surface area contributed by atoms with Crippen LogP contribution >= 0.6 is 0 Å². The Kier molecular flexibility index (Phi) is 46.9. The Morgan fingerprint density at radius 3 is 1.02 bits per heavy atom. The van der Waals surface area contributed by atoms with Gasteiger partial charge in [0.15, 0.2) is 0 Å². The van der Waals surface area contributed by atoms with E-state index in [1.54, 1.807) is 0 Å². The minimum atomic E-state index is 0.991. The summed E-state index contributed by atoms with van der Waals surface area (Å²) in [5.74, 6) is 0. The fourth-order valence-corrected chi connectivity index (χ4v) is 7.24. The molecule has 0 amide bonds. The van der Waals surface area contributed by atoms with Crippen molar-refractivity contribution in [2.75, 3.05) is 85.1 Å². The Balaban J connectivity index is 4.70. The molecule has 0 spiro atoms. The summed E-state index contributed by atoms with van der Waals surface area (Å²) in [6.07, 6.45) is 42.9. The van der Waals surface area contributed by atoms with Gasteiger partial charge in [0, 0.05) is 19.6 Å². The molecule has 0 aliphatic heterocycles. The minimum Gasteiger partial charge on any atom is -0.378 e. The van der Waals surface area contributed by atoms with Crippen molar-refractivity contribution >= 4 is 0 Å². The van der Waals surface area contributed by atoms with Gasteiger partial charge in [-0.1, -0.05) is 162 Å². The van der Waals surface area contributed by atoms with Crippen LogP contribution in [-0.4, -0.2) is 94.9 Å². The van der Waals surface area contributed by atoms with Gasteiger partial charge in [0.2, 0.25) is 0 Å². The summed E-state index contributed by atoms with van der Waals surface area (Å²) in [5, 5.41) is 14.9. The Bertz CT molecular complexity index is 649.